The number of halogens is 1. The van der Waals surface area contributed by atoms with Crippen molar-refractivity contribution >= 4 is 17.1 Å². The summed E-state index contributed by atoms with van der Waals surface area (Å²) in [6.07, 6.45) is 1.44. The number of fused-ring (bicyclic) bond motifs is 2. The maximum absolute atomic E-state index is 13.8. The van der Waals surface area contributed by atoms with E-state index in [-0.39, 0.29) is 17.3 Å². The molecule has 0 saturated heterocycles. The number of hydrogen-bond acceptors (Lipinski definition) is 2. The van der Waals surface area contributed by atoms with Crippen molar-refractivity contribution in [3.05, 3.63) is 71.2 Å². The molecule has 0 aromatic heterocycles. The molecule has 3 N–H and O–H groups in total. The number of anilines is 1. The first-order valence-electron chi connectivity index (χ1n) is 8.59. The molecule has 1 atom stereocenters. The summed E-state index contributed by atoms with van der Waals surface area (Å²) in [5.41, 5.74) is 4.52. The largest absolute Gasteiger partial charge is 0.512 e. The second-order valence-electron chi connectivity index (χ2n) is 7.66. The maximum Gasteiger partial charge on any atom is 0.227 e. The molecule has 2 aliphatic rings. The van der Waals surface area contributed by atoms with Gasteiger partial charge in [0.05, 0.1) is 11.6 Å². The molecule has 4 rings (SSSR count). The number of benzene rings is 2. The molecule has 1 aliphatic heterocycles. The normalized spacial score (nSPS) is 21.6. The minimum absolute atomic E-state index is 0.0261. The van der Waals surface area contributed by atoms with Gasteiger partial charge >= 0.3 is 0 Å². The average Bonchev–Trinajstić information content (AvgIpc) is 2.70. The van der Waals surface area contributed by atoms with Gasteiger partial charge in [-0.25, -0.2) is 9.38 Å². The number of nitrogens with one attached hydrogen (secondary N) is 2. The van der Waals surface area contributed by atoms with Gasteiger partial charge in [-0.1, -0.05) is 38.1 Å². The molecule has 3 nitrogen and oxygen atoms in total. The van der Waals surface area contributed by atoms with Crippen LogP contribution in [0.15, 0.2) is 59.9 Å². The molecule has 0 bridgehead atoms. The lowest BCUT2D eigenvalue weighted by Crippen LogP contribution is -2.67. The first-order chi connectivity index (χ1) is 11.9. The van der Waals surface area contributed by atoms with E-state index >= 15 is 0 Å². The Morgan fingerprint density at radius 3 is 2.72 bits per heavy atom. The smallest absolute Gasteiger partial charge is 0.227 e. The number of rotatable bonds is 1. The van der Waals surface area contributed by atoms with Crippen LogP contribution in [-0.2, 0) is 0 Å². The van der Waals surface area contributed by atoms with Crippen molar-refractivity contribution in [2.75, 3.05) is 5.32 Å². The van der Waals surface area contributed by atoms with E-state index in [9.17, 15) is 9.50 Å². The van der Waals surface area contributed by atoms with Gasteiger partial charge in [0.2, 0.25) is 5.69 Å². The highest BCUT2D eigenvalue weighted by atomic mass is 19.1. The van der Waals surface area contributed by atoms with Crippen LogP contribution >= 0.6 is 0 Å². The predicted molar refractivity (Wildman–Crippen MR) is 97.5 cm³/mol. The third-order valence-corrected chi connectivity index (χ3v) is 4.92. The van der Waals surface area contributed by atoms with Crippen molar-refractivity contribution < 1.29 is 14.5 Å². The van der Waals surface area contributed by atoms with Crippen molar-refractivity contribution in [2.45, 2.75) is 32.7 Å². The zero-order chi connectivity index (χ0) is 17.6. The molecule has 128 valence electrons. The Bertz CT molecular complexity index is 898. The minimum Gasteiger partial charge on any atom is -0.512 e. The number of aliphatic hydroxyl groups excluding tert-OH is 1. The molecule has 0 amide bonds. The Morgan fingerprint density at radius 1 is 1.12 bits per heavy atom. The van der Waals surface area contributed by atoms with Gasteiger partial charge in [-0.05, 0) is 29.2 Å². The van der Waals surface area contributed by atoms with Crippen LogP contribution in [0.4, 0.5) is 15.8 Å². The topological polar surface area (TPSA) is 46.2 Å². The van der Waals surface area contributed by atoms with Crippen LogP contribution in [0.3, 0.4) is 0 Å². The van der Waals surface area contributed by atoms with Crippen molar-refractivity contribution in [1.29, 1.82) is 0 Å². The highest BCUT2D eigenvalue weighted by molar-refractivity contribution is 6.01. The molecule has 25 heavy (non-hydrogen) atoms. The summed E-state index contributed by atoms with van der Waals surface area (Å²) in [6.45, 7) is 4.30. The molecule has 4 heteroatoms. The molecule has 2 aromatic rings. The molecule has 0 radical (unpaired) electrons. The molecule has 0 fully saturated rings. The van der Waals surface area contributed by atoms with Crippen LogP contribution in [0.1, 0.15) is 38.3 Å². The van der Waals surface area contributed by atoms with Crippen LogP contribution in [0, 0.1) is 11.2 Å². The lowest BCUT2D eigenvalue weighted by molar-refractivity contribution is -0.354. The monoisotopic (exact) mass is 337 g/mol. The molecular formula is C21H22FN2O+. The second-order valence-corrected chi connectivity index (χ2v) is 7.66. The van der Waals surface area contributed by atoms with Gasteiger partial charge in [-0.3, -0.25) is 0 Å². The number of hydrogen-bond donors (Lipinski definition) is 3. The third kappa shape index (κ3) is 2.93. The van der Waals surface area contributed by atoms with E-state index < -0.39 is 0 Å². The number of para-hydroxylation sites is 2. The van der Waals surface area contributed by atoms with Crippen molar-refractivity contribution in [2.24, 2.45) is 5.41 Å². The summed E-state index contributed by atoms with van der Waals surface area (Å²) in [6, 6.07) is 14.2. The molecule has 1 heterocycles. The van der Waals surface area contributed by atoms with Gasteiger partial charge in [-0.2, -0.15) is 0 Å². The van der Waals surface area contributed by atoms with Crippen LogP contribution < -0.4 is 10.3 Å². The summed E-state index contributed by atoms with van der Waals surface area (Å²) >= 11 is 0. The van der Waals surface area contributed by atoms with Crippen LogP contribution in [0.25, 0.3) is 0 Å². The van der Waals surface area contributed by atoms with Crippen molar-refractivity contribution in [3.8, 4) is 0 Å². The maximum atomic E-state index is 13.8. The van der Waals surface area contributed by atoms with Gasteiger partial charge in [0.1, 0.15) is 17.3 Å². The lowest BCUT2D eigenvalue weighted by Gasteiger charge is -2.31. The average molecular weight is 337 g/mol. The molecular weight excluding hydrogens is 315 g/mol. The highest BCUT2D eigenvalue weighted by Gasteiger charge is 2.40. The summed E-state index contributed by atoms with van der Waals surface area (Å²) in [7, 11) is 0. The SMILES string of the molecule is CC1(C)CC2=[NH+]c3ccccc3NC(c3cccc(F)c3)C2=C(O)C1. The fraction of sp³-hybridized carbons (Fsp3) is 0.286. The molecule has 1 aliphatic carbocycles. The second kappa shape index (κ2) is 5.73. The summed E-state index contributed by atoms with van der Waals surface area (Å²) in [4.78, 5) is 3.50. The minimum atomic E-state index is -0.294. The Kier molecular flexibility index (Phi) is 3.64. The van der Waals surface area contributed by atoms with E-state index in [0.29, 0.717) is 12.2 Å². The fourth-order valence-electron chi connectivity index (χ4n) is 3.86. The third-order valence-electron chi connectivity index (χ3n) is 4.92. The van der Waals surface area contributed by atoms with Gasteiger partial charge in [0.25, 0.3) is 0 Å². The highest BCUT2D eigenvalue weighted by Crippen LogP contribution is 2.42. The van der Waals surface area contributed by atoms with Gasteiger partial charge in [0.15, 0.2) is 5.71 Å². The summed E-state index contributed by atoms with van der Waals surface area (Å²) in [5, 5.41) is 14.3. The van der Waals surface area contributed by atoms with E-state index in [1.807, 2.05) is 30.3 Å². The Balaban J connectivity index is 1.93. The first-order valence-corrected chi connectivity index (χ1v) is 8.59. The van der Waals surface area contributed by atoms with Gasteiger partial charge in [0, 0.05) is 18.9 Å². The zero-order valence-corrected chi connectivity index (χ0v) is 14.4. The van der Waals surface area contributed by atoms with E-state index in [1.54, 1.807) is 6.07 Å². The molecule has 1 unspecified atom stereocenters. The van der Waals surface area contributed by atoms with E-state index in [1.165, 1.54) is 12.1 Å². The van der Waals surface area contributed by atoms with Crippen LogP contribution in [-0.4, -0.2) is 10.8 Å². The summed E-state index contributed by atoms with van der Waals surface area (Å²) in [5.74, 6) is 0.0934. The van der Waals surface area contributed by atoms with E-state index in [2.05, 4.69) is 24.2 Å². The fourth-order valence-corrected chi connectivity index (χ4v) is 3.86. The standard InChI is InChI=1S/C21H21FN2O/c1-21(2)11-17-19(18(25)12-21)20(13-6-5-7-14(22)10-13)24-16-9-4-3-8-15(16)23-17/h3-10,20,24-25H,11-12H2,1-2H3/p+1. The Labute approximate surface area is 146 Å². The van der Waals surface area contributed by atoms with E-state index in [0.717, 1.165) is 34.6 Å². The predicted octanol–water partition coefficient (Wildman–Crippen LogP) is 3.78. The molecule has 0 saturated carbocycles. The Hall–Kier alpha value is -2.62. The van der Waals surface area contributed by atoms with Crippen molar-refractivity contribution in [1.82, 2.24) is 0 Å². The first kappa shape index (κ1) is 15.9. The number of allylic oxidation sites excluding steroid dienone is 1. The molecule has 0 spiro atoms. The van der Waals surface area contributed by atoms with Gasteiger partial charge < -0.3 is 10.4 Å². The van der Waals surface area contributed by atoms with Gasteiger partial charge in [-0.15, -0.1) is 0 Å². The van der Waals surface area contributed by atoms with E-state index in [4.69, 9.17) is 0 Å². The summed E-state index contributed by atoms with van der Waals surface area (Å²) < 4.78 is 13.8. The number of aliphatic hydroxyl groups is 1. The lowest BCUT2D eigenvalue weighted by atomic mass is 9.74. The quantitative estimate of drug-likeness (QED) is 0.742. The molecule has 2 aromatic carbocycles. The zero-order valence-electron chi connectivity index (χ0n) is 14.4. The van der Waals surface area contributed by atoms with Crippen LogP contribution in [0.2, 0.25) is 0 Å². The van der Waals surface area contributed by atoms with Crippen molar-refractivity contribution in [3.63, 3.8) is 0 Å². The Morgan fingerprint density at radius 2 is 1.92 bits per heavy atom. The van der Waals surface area contributed by atoms with Crippen LogP contribution in [0.5, 0.6) is 0 Å².